The maximum absolute atomic E-state index is 13.1. The lowest BCUT2D eigenvalue weighted by atomic mass is 10.0. The predicted octanol–water partition coefficient (Wildman–Crippen LogP) is 4.11. The summed E-state index contributed by atoms with van der Waals surface area (Å²) in [6.07, 6.45) is 4.25. The number of ether oxygens (including phenoxy) is 1. The number of aryl methyl sites for hydroxylation is 2. The van der Waals surface area contributed by atoms with E-state index in [2.05, 4.69) is 15.3 Å². The molecule has 0 spiro atoms. The third-order valence-corrected chi connectivity index (χ3v) is 5.76. The number of aromatic nitrogens is 3. The molecule has 4 aromatic rings. The summed E-state index contributed by atoms with van der Waals surface area (Å²) in [6, 6.07) is 5.44. The summed E-state index contributed by atoms with van der Waals surface area (Å²) < 4.78 is 13.3. The van der Waals surface area contributed by atoms with Gasteiger partial charge in [-0.3, -0.25) is 9.78 Å². The van der Waals surface area contributed by atoms with Gasteiger partial charge in [-0.25, -0.2) is 9.78 Å². The van der Waals surface area contributed by atoms with Crippen LogP contribution < -0.4 is 15.6 Å². The first-order valence-corrected chi connectivity index (χ1v) is 10.7. The van der Waals surface area contributed by atoms with E-state index in [4.69, 9.17) is 14.3 Å². The molecule has 33 heavy (non-hydrogen) atoms. The first-order chi connectivity index (χ1) is 15.8. The molecule has 0 saturated heterocycles. The maximum atomic E-state index is 13.1. The zero-order chi connectivity index (χ0) is 23.7. The van der Waals surface area contributed by atoms with Crippen LogP contribution in [0.1, 0.15) is 26.0 Å². The van der Waals surface area contributed by atoms with Crippen molar-refractivity contribution in [1.82, 2.24) is 19.9 Å². The fraction of sp³-hybridized carbons (Fsp3) is 0.333. The molecular weight excluding hydrogens is 424 g/mol. The molecule has 1 amide bonds. The molecule has 0 fully saturated rings. The number of amides is 1. The number of pyridine rings is 2. The molecule has 2 unspecified atom stereocenters. The summed E-state index contributed by atoms with van der Waals surface area (Å²) in [7, 11) is 1.73. The number of carbonyl (C=O) groups is 1. The fourth-order valence-electron chi connectivity index (χ4n) is 4.23. The summed E-state index contributed by atoms with van der Waals surface area (Å²) in [4.78, 5) is 32.2. The molecule has 2 atom stereocenters. The summed E-state index contributed by atoms with van der Waals surface area (Å²) in [5.74, 6) is 1.19. The van der Waals surface area contributed by atoms with Crippen LogP contribution in [-0.4, -0.2) is 38.4 Å². The molecule has 4 rings (SSSR count). The van der Waals surface area contributed by atoms with E-state index in [0.29, 0.717) is 35.6 Å². The lowest BCUT2D eigenvalue weighted by molar-refractivity contribution is 0.185. The van der Waals surface area contributed by atoms with Gasteiger partial charge in [0.15, 0.2) is 12.2 Å². The van der Waals surface area contributed by atoms with Gasteiger partial charge < -0.3 is 24.1 Å². The summed E-state index contributed by atoms with van der Waals surface area (Å²) in [5, 5.41) is 13.6. The zero-order valence-corrected chi connectivity index (χ0v) is 19.0. The Balaban J connectivity index is 1.78. The van der Waals surface area contributed by atoms with Crippen LogP contribution in [0.3, 0.4) is 0 Å². The molecule has 2 N–H and O–H groups in total. The average Bonchev–Trinajstić information content (AvgIpc) is 3.29. The van der Waals surface area contributed by atoms with E-state index >= 15 is 0 Å². The molecule has 172 valence electrons. The quantitative estimate of drug-likeness (QED) is 0.407. The summed E-state index contributed by atoms with van der Waals surface area (Å²) >= 11 is 0. The van der Waals surface area contributed by atoms with Crippen molar-refractivity contribution >= 4 is 27.8 Å². The van der Waals surface area contributed by atoms with Crippen LogP contribution in [0.5, 0.6) is 5.75 Å². The second-order valence-corrected chi connectivity index (χ2v) is 8.42. The van der Waals surface area contributed by atoms with E-state index in [1.54, 1.807) is 24.0 Å². The number of fused-ring (bicyclic) bond motifs is 3. The van der Waals surface area contributed by atoms with Gasteiger partial charge in [0.05, 0.1) is 35.0 Å². The predicted molar refractivity (Wildman–Crippen MR) is 125 cm³/mol. The largest absolute Gasteiger partial charge is 0.492 e. The Hall–Kier alpha value is -3.88. The topological polar surface area (TPSA) is 119 Å². The highest BCUT2D eigenvalue weighted by Gasteiger charge is 2.19. The first kappa shape index (κ1) is 22.3. The molecule has 0 aliphatic rings. The Morgan fingerprint density at radius 1 is 1.30 bits per heavy atom. The van der Waals surface area contributed by atoms with Crippen LogP contribution in [0.15, 0.2) is 46.2 Å². The Morgan fingerprint density at radius 3 is 2.79 bits per heavy atom. The highest BCUT2D eigenvalue weighted by molar-refractivity contribution is 6.08. The molecule has 3 heterocycles. The number of carboxylic acid groups (broad SMARTS) is 1. The molecular formula is C24H26N4O5. The normalized spacial score (nSPS) is 13.2. The van der Waals surface area contributed by atoms with Crippen LogP contribution in [0.25, 0.3) is 33.0 Å². The molecule has 1 aromatic carbocycles. The zero-order valence-electron chi connectivity index (χ0n) is 19.0. The van der Waals surface area contributed by atoms with Gasteiger partial charge in [0, 0.05) is 30.7 Å². The Morgan fingerprint density at radius 2 is 2.09 bits per heavy atom. The van der Waals surface area contributed by atoms with Crippen LogP contribution >= 0.6 is 0 Å². The van der Waals surface area contributed by atoms with E-state index in [0.717, 1.165) is 21.9 Å². The van der Waals surface area contributed by atoms with Crippen LogP contribution in [0.2, 0.25) is 0 Å². The van der Waals surface area contributed by atoms with Crippen LogP contribution in [0, 0.1) is 12.8 Å². The molecule has 0 radical (unpaired) electrons. The van der Waals surface area contributed by atoms with Crippen molar-refractivity contribution in [2.24, 2.45) is 13.0 Å². The van der Waals surface area contributed by atoms with E-state index < -0.39 is 6.09 Å². The van der Waals surface area contributed by atoms with Gasteiger partial charge in [-0.1, -0.05) is 6.92 Å². The van der Waals surface area contributed by atoms with Crippen molar-refractivity contribution in [2.75, 3.05) is 6.61 Å². The van der Waals surface area contributed by atoms with E-state index in [1.165, 1.54) is 6.39 Å². The van der Waals surface area contributed by atoms with Gasteiger partial charge in [-0.15, -0.1) is 0 Å². The lowest BCUT2D eigenvalue weighted by Gasteiger charge is -2.20. The van der Waals surface area contributed by atoms with Crippen molar-refractivity contribution in [1.29, 1.82) is 0 Å². The SMILES string of the molecule is Cc1nccc2c1c(=O)n(C)c1cc(OCC(C)CC(C)NC(=O)O)c(-c3cnco3)cc21. The van der Waals surface area contributed by atoms with Crippen molar-refractivity contribution < 1.29 is 19.1 Å². The summed E-state index contributed by atoms with van der Waals surface area (Å²) in [5.41, 5.74) is 2.00. The fourth-order valence-corrected chi connectivity index (χ4v) is 4.23. The average molecular weight is 450 g/mol. The highest BCUT2D eigenvalue weighted by atomic mass is 16.5. The van der Waals surface area contributed by atoms with Gasteiger partial charge in [0.1, 0.15) is 5.75 Å². The number of nitrogens with one attached hydrogen (secondary N) is 1. The monoisotopic (exact) mass is 450 g/mol. The first-order valence-electron chi connectivity index (χ1n) is 10.7. The standard InChI is InChI=1S/C24H26N4O5/c1-13(7-14(2)27-24(30)31)11-32-20-9-19-17(8-18(20)21-10-25-12-33-21)16-5-6-26-15(3)22(16)23(29)28(19)4/h5-6,8-10,12-14,27H,7,11H2,1-4H3,(H,30,31). The molecule has 9 nitrogen and oxygen atoms in total. The van der Waals surface area contributed by atoms with Crippen molar-refractivity contribution in [3.05, 3.63) is 53.0 Å². The lowest BCUT2D eigenvalue weighted by Crippen LogP contribution is -2.33. The molecule has 0 saturated carbocycles. The smallest absolute Gasteiger partial charge is 0.404 e. The number of rotatable bonds is 7. The van der Waals surface area contributed by atoms with Crippen LogP contribution in [-0.2, 0) is 7.05 Å². The van der Waals surface area contributed by atoms with E-state index in [1.807, 2.05) is 39.0 Å². The van der Waals surface area contributed by atoms with Crippen molar-refractivity contribution in [2.45, 2.75) is 33.2 Å². The minimum absolute atomic E-state index is 0.0827. The molecule has 0 aliphatic carbocycles. The van der Waals surface area contributed by atoms with Gasteiger partial charge in [0.2, 0.25) is 0 Å². The van der Waals surface area contributed by atoms with Gasteiger partial charge in [-0.2, -0.15) is 0 Å². The molecule has 3 aromatic heterocycles. The highest BCUT2D eigenvalue weighted by Crippen LogP contribution is 2.36. The molecule has 0 aliphatic heterocycles. The number of oxazole rings is 1. The van der Waals surface area contributed by atoms with Gasteiger partial charge >= 0.3 is 6.09 Å². The van der Waals surface area contributed by atoms with E-state index in [9.17, 15) is 9.59 Å². The third kappa shape index (κ3) is 4.39. The molecule has 0 bridgehead atoms. The summed E-state index contributed by atoms with van der Waals surface area (Å²) in [6.45, 7) is 6.00. The third-order valence-electron chi connectivity index (χ3n) is 5.76. The van der Waals surface area contributed by atoms with Crippen molar-refractivity contribution in [3.8, 4) is 17.1 Å². The minimum Gasteiger partial charge on any atom is -0.492 e. The Labute approximate surface area is 190 Å². The Kier molecular flexibility index (Phi) is 6.04. The maximum Gasteiger partial charge on any atom is 0.404 e. The number of nitrogens with zero attached hydrogens (tertiary/aromatic N) is 3. The van der Waals surface area contributed by atoms with E-state index in [-0.39, 0.29) is 17.5 Å². The number of benzene rings is 1. The minimum atomic E-state index is -1.05. The Bertz CT molecular complexity index is 1380. The van der Waals surface area contributed by atoms with Gasteiger partial charge in [0.25, 0.3) is 5.56 Å². The number of hydrogen-bond donors (Lipinski definition) is 2. The molecule has 9 heteroatoms. The second-order valence-electron chi connectivity index (χ2n) is 8.42. The van der Waals surface area contributed by atoms with Crippen molar-refractivity contribution in [3.63, 3.8) is 0 Å². The number of hydrogen-bond acceptors (Lipinski definition) is 6. The second kappa shape index (κ2) is 8.93. The van der Waals surface area contributed by atoms with Crippen LogP contribution in [0.4, 0.5) is 4.79 Å². The van der Waals surface area contributed by atoms with Gasteiger partial charge in [-0.05, 0) is 43.7 Å².